The van der Waals surface area contributed by atoms with Crippen LogP contribution < -0.4 is 10.6 Å². The number of aromatic nitrogens is 1. The summed E-state index contributed by atoms with van der Waals surface area (Å²) in [5.41, 5.74) is 0.289. The smallest absolute Gasteiger partial charge is 0.354 e. The Morgan fingerprint density at radius 3 is 2.67 bits per heavy atom. The highest BCUT2D eigenvalue weighted by atomic mass is 32.2. The lowest BCUT2D eigenvalue weighted by molar-refractivity contribution is 0.0690. The highest BCUT2D eigenvalue weighted by molar-refractivity contribution is 7.84. The van der Waals surface area contributed by atoms with Crippen LogP contribution >= 0.6 is 0 Å². The molecule has 0 saturated carbocycles. The van der Waals surface area contributed by atoms with Gasteiger partial charge in [0.15, 0.2) is 0 Å². The molecular formula is C10H13N3O4S. The minimum Gasteiger partial charge on any atom is -0.477 e. The second-order valence-electron chi connectivity index (χ2n) is 3.40. The first kappa shape index (κ1) is 14.1. The summed E-state index contributed by atoms with van der Waals surface area (Å²) in [6.45, 7) is 0.301. The number of urea groups is 1. The molecule has 8 heteroatoms. The van der Waals surface area contributed by atoms with Crippen molar-refractivity contribution in [2.75, 3.05) is 23.9 Å². The van der Waals surface area contributed by atoms with Gasteiger partial charge in [-0.1, -0.05) is 0 Å². The number of hydrogen-bond donors (Lipinski definition) is 3. The Balaban J connectivity index is 2.44. The van der Waals surface area contributed by atoms with E-state index in [-0.39, 0.29) is 5.69 Å². The third-order valence-electron chi connectivity index (χ3n) is 1.92. The summed E-state index contributed by atoms with van der Waals surface area (Å²) in [7, 11) is -0.957. The van der Waals surface area contributed by atoms with Crippen LogP contribution in [0.15, 0.2) is 18.3 Å². The molecule has 0 fully saturated rings. The van der Waals surface area contributed by atoms with Crippen molar-refractivity contribution in [3.05, 3.63) is 24.0 Å². The van der Waals surface area contributed by atoms with E-state index in [2.05, 4.69) is 15.6 Å². The fraction of sp³-hybridized carbons (Fsp3) is 0.300. The zero-order valence-electron chi connectivity index (χ0n) is 9.67. The number of carbonyl (C=O) groups excluding carboxylic acids is 1. The highest BCUT2D eigenvalue weighted by Gasteiger charge is 2.05. The second kappa shape index (κ2) is 6.70. The van der Waals surface area contributed by atoms with Crippen LogP contribution in [0.25, 0.3) is 0 Å². The summed E-state index contributed by atoms with van der Waals surface area (Å²) < 4.78 is 10.8. The maximum atomic E-state index is 11.3. The van der Waals surface area contributed by atoms with Crippen molar-refractivity contribution in [1.82, 2.24) is 10.3 Å². The van der Waals surface area contributed by atoms with Gasteiger partial charge in [0.05, 0.1) is 11.9 Å². The van der Waals surface area contributed by atoms with E-state index in [4.69, 9.17) is 5.11 Å². The lowest BCUT2D eigenvalue weighted by atomic mass is 10.3. The summed E-state index contributed by atoms with van der Waals surface area (Å²) >= 11 is 0. The number of carboxylic acids is 1. The molecule has 0 spiro atoms. The van der Waals surface area contributed by atoms with E-state index in [0.29, 0.717) is 18.0 Å². The summed E-state index contributed by atoms with van der Waals surface area (Å²) in [6.07, 6.45) is 2.80. The molecule has 3 N–H and O–H groups in total. The number of nitrogens with one attached hydrogen (secondary N) is 2. The average Bonchev–Trinajstić information content (AvgIpc) is 2.29. The molecule has 98 valence electrons. The van der Waals surface area contributed by atoms with Crippen LogP contribution in [0.4, 0.5) is 10.5 Å². The van der Waals surface area contributed by atoms with E-state index in [0.717, 1.165) is 0 Å². The van der Waals surface area contributed by atoms with Crippen molar-refractivity contribution in [3.8, 4) is 0 Å². The Kier molecular flexibility index (Phi) is 5.25. The Morgan fingerprint density at radius 2 is 2.17 bits per heavy atom. The monoisotopic (exact) mass is 271 g/mol. The molecule has 0 aliphatic heterocycles. The van der Waals surface area contributed by atoms with E-state index >= 15 is 0 Å². The maximum absolute atomic E-state index is 11.3. The molecule has 18 heavy (non-hydrogen) atoms. The average molecular weight is 271 g/mol. The van der Waals surface area contributed by atoms with Crippen molar-refractivity contribution < 1.29 is 18.9 Å². The standard InChI is InChI=1S/C10H13N3O4S/c1-18(17)5-4-11-10(16)13-7-2-3-8(9(14)15)12-6-7/h2-3,6H,4-5H2,1H3,(H,14,15)(H2,11,13,16). The summed E-state index contributed by atoms with van der Waals surface area (Å²) in [6, 6.07) is 2.28. The van der Waals surface area contributed by atoms with Gasteiger partial charge >= 0.3 is 12.0 Å². The molecule has 7 nitrogen and oxygen atoms in total. The number of hydrogen-bond acceptors (Lipinski definition) is 4. The Labute approximate surface area is 106 Å². The topological polar surface area (TPSA) is 108 Å². The van der Waals surface area contributed by atoms with Crippen LogP contribution in [0.2, 0.25) is 0 Å². The zero-order valence-corrected chi connectivity index (χ0v) is 10.5. The van der Waals surface area contributed by atoms with Crippen LogP contribution in [0.5, 0.6) is 0 Å². The van der Waals surface area contributed by atoms with Crippen molar-refractivity contribution >= 4 is 28.5 Å². The van der Waals surface area contributed by atoms with Crippen molar-refractivity contribution in [1.29, 1.82) is 0 Å². The number of pyridine rings is 1. The summed E-state index contributed by atoms with van der Waals surface area (Å²) in [5.74, 6) is -0.750. The third kappa shape index (κ3) is 4.91. The fourth-order valence-corrected chi connectivity index (χ4v) is 1.47. The number of carboxylic acid groups (broad SMARTS) is 1. The molecule has 0 aliphatic carbocycles. The van der Waals surface area contributed by atoms with Gasteiger partial charge in [0.25, 0.3) is 0 Å². The van der Waals surface area contributed by atoms with Gasteiger partial charge in [0, 0.05) is 29.4 Å². The third-order valence-corrected chi connectivity index (χ3v) is 2.69. The minimum absolute atomic E-state index is 0.0951. The first-order chi connectivity index (χ1) is 8.49. The van der Waals surface area contributed by atoms with Gasteiger partial charge in [0.1, 0.15) is 5.69 Å². The molecule has 0 saturated heterocycles. The SMILES string of the molecule is CS(=O)CCNC(=O)Nc1ccc(C(=O)O)nc1. The van der Waals surface area contributed by atoms with E-state index < -0.39 is 22.8 Å². The second-order valence-corrected chi connectivity index (χ2v) is 4.95. The fourth-order valence-electron chi connectivity index (χ4n) is 1.08. The lowest BCUT2D eigenvalue weighted by Crippen LogP contribution is -2.31. The molecule has 1 atom stereocenters. The normalized spacial score (nSPS) is 11.6. The van der Waals surface area contributed by atoms with Crippen molar-refractivity contribution in [2.45, 2.75) is 0 Å². The van der Waals surface area contributed by atoms with Gasteiger partial charge in [-0.15, -0.1) is 0 Å². The largest absolute Gasteiger partial charge is 0.477 e. The number of aromatic carboxylic acids is 1. The molecule has 1 heterocycles. The first-order valence-electron chi connectivity index (χ1n) is 5.03. The predicted octanol–water partition coefficient (Wildman–Crippen LogP) is 0.280. The maximum Gasteiger partial charge on any atom is 0.354 e. The van der Waals surface area contributed by atoms with Crippen LogP contribution in [0.3, 0.4) is 0 Å². The van der Waals surface area contributed by atoms with Crippen LogP contribution in [-0.2, 0) is 10.8 Å². The summed E-state index contributed by atoms with van der Waals surface area (Å²) in [5, 5.41) is 13.6. The molecule has 1 unspecified atom stereocenters. The predicted molar refractivity (Wildman–Crippen MR) is 67.2 cm³/mol. The summed E-state index contributed by atoms with van der Waals surface area (Å²) in [4.78, 5) is 25.5. The zero-order chi connectivity index (χ0) is 13.5. The van der Waals surface area contributed by atoms with Crippen LogP contribution in [-0.4, -0.2) is 44.9 Å². The Bertz CT molecular complexity index is 461. The van der Waals surface area contributed by atoms with E-state index in [1.165, 1.54) is 18.3 Å². The molecule has 0 aliphatic rings. The van der Waals surface area contributed by atoms with E-state index in [9.17, 15) is 13.8 Å². The Hall–Kier alpha value is -1.96. The molecule has 0 radical (unpaired) electrons. The van der Waals surface area contributed by atoms with Gasteiger partial charge in [-0.3, -0.25) is 4.21 Å². The molecule has 1 rings (SSSR count). The minimum atomic E-state index is -1.13. The molecule has 0 aromatic carbocycles. The first-order valence-corrected chi connectivity index (χ1v) is 6.76. The molecule has 2 amide bonds. The number of anilines is 1. The molecular weight excluding hydrogens is 258 g/mol. The number of nitrogens with zero attached hydrogens (tertiary/aromatic N) is 1. The van der Waals surface area contributed by atoms with E-state index in [1.54, 1.807) is 6.26 Å². The van der Waals surface area contributed by atoms with Gasteiger partial charge in [-0.2, -0.15) is 0 Å². The molecule has 1 aromatic rings. The van der Waals surface area contributed by atoms with Crippen LogP contribution in [0, 0.1) is 0 Å². The highest BCUT2D eigenvalue weighted by Crippen LogP contribution is 2.05. The molecule has 0 bridgehead atoms. The van der Waals surface area contributed by atoms with Crippen molar-refractivity contribution in [2.24, 2.45) is 0 Å². The number of amides is 2. The Morgan fingerprint density at radius 1 is 1.44 bits per heavy atom. The van der Waals surface area contributed by atoms with Gasteiger partial charge in [-0.25, -0.2) is 14.6 Å². The van der Waals surface area contributed by atoms with Gasteiger partial charge in [0.2, 0.25) is 0 Å². The van der Waals surface area contributed by atoms with Crippen molar-refractivity contribution in [3.63, 3.8) is 0 Å². The van der Waals surface area contributed by atoms with E-state index in [1.807, 2.05) is 0 Å². The number of rotatable bonds is 5. The number of carbonyl (C=O) groups is 2. The quantitative estimate of drug-likeness (QED) is 0.712. The van der Waals surface area contributed by atoms with Gasteiger partial charge < -0.3 is 15.7 Å². The lowest BCUT2D eigenvalue weighted by Gasteiger charge is -2.06. The van der Waals surface area contributed by atoms with Crippen LogP contribution in [0.1, 0.15) is 10.5 Å². The van der Waals surface area contributed by atoms with Gasteiger partial charge in [-0.05, 0) is 12.1 Å². The molecule has 1 aromatic heterocycles.